The minimum absolute atomic E-state index is 0.395. The smallest absolute Gasteiger partial charge is 0.338 e. The Kier molecular flexibility index (Phi) is 5.39. The number of esters is 1. The normalized spacial score (nSPS) is 14.3. The highest BCUT2D eigenvalue weighted by Crippen LogP contribution is 2.23. The van der Waals surface area contributed by atoms with Gasteiger partial charge in [-0.2, -0.15) is 0 Å². The molecule has 1 N–H and O–H groups in total. The second kappa shape index (κ2) is 7.70. The van der Waals surface area contributed by atoms with Crippen molar-refractivity contribution >= 4 is 29.2 Å². The standard InChI is InChI=1S/C20H20ClNO3/c1-13(19(23)22-18-8-4-7-17(21)12-18)25-20(24)16-10-9-14-5-2-3-6-15(14)11-16/h4,7-13H,2-3,5-6H2,1H3,(H,22,23)/t13-/m1/s1. The molecular weight excluding hydrogens is 338 g/mol. The van der Waals surface area contributed by atoms with Gasteiger partial charge in [0, 0.05) is 10.7 Å². The molecule has 0 unspecified atom stereocenters. The molecule has 130 valence electrons. The molecule has 5 heteroatoms. The maximum atomic E-state index is 12.3. The number of benzene rings is 2. The Labute approximate surface area is 152 Å². The van der Waals surface area contributed by atoms with Gasteiger partial charge in [-0.1, -0.05) is 23.7 Å². The van der Waals surface area contributed by atoms with E-state index >= 15 is 0 Å². The zero-order chi connectivity index (χ0) is 17.8. The van der Waals surface area contributed by atoms with Gasteiger partial charge in [-0.15, -0.1) is 0 Å². The fourth-order valence-electron chi connectivity index (χ4n) is 2.95. The number of halogens is 1. The van der Waals surface area contributed by atoms with Crippen molar-refractivity contribution in [1.82, 2.24) is 0 Å². The van der Waals surface area contributed by atoms with Gasteiger partial charge in [-0.05, 0) is 74.1 Å². The summed E-state index contributed by atoms with van der Waals surface area (Å²) in [6.45, 7) is 1.55. The van der Waals surface area contributed by atoms with Crippen LogP contribution in [0.5, 0.6) is 0 Å². The summed E-state index contributed by atoms with van der Waals surface area (Å²) >= 11 is 5.89. The lowest BCUT2D eigenvalue weighted by atomic mass is 9.90. The van der Waals surface area contributed by atoms with Crippen LogP contribution < -0.4 is 5.32 Å². The molecule has 3 rings (SSSR count). The molecule has 0 heterocycles. The van der Waals surface area contributed by atoms with Crippen molar-refractivity contribution in [2.45, 2.75) is 38.7 Å². The van der Waals surface area contributed by atoms with Crippen LogP contribution in [0.4, 0.5) is 5.69 Å². The summed E-state index contributed by atoms with van der Waals surface area (Å²) in [5.41, 5.74) is 3.56. The Morgan fingerprint density at radius 2 is 1.84 bits per heavy atom. The number of hydrogen-bond donors (Lipinski definition) is 1. The van der Waals surface area contributed by atoms with E-state index in [0.29, 0.717) is 16.3 Å². The lowest BCUT2D eigenvalue weighted by molar-refractivity contribution is -0.123. The lowest BCUT2D eigenvalue weighted by Gasteiger charge is -2.17. The molecule has 25 heavy (non-hydrogen) atoms. The average molecular weight is 358 g/mol. The third kappa shape index (κ3) is 4.40. The van der Waals surface area contributed by atoms with Gasteiger partial charge in [0.25, 0.3) is 5.91 Å². The number of amides is 1. The van der Waals surface area contributed by atoms with E-state index in [1.807, 2.05) is 12.1 Å². The van der Waals surface area contributed by atoms with Crippen molar-refractivity contribution in [2.24, 2.45) is 0 Å². The third-order valence-electron chi connectivity index (χ3n) is 4.33. The number of anilines is 1. The fraction of sp³-hybridized carbons (Fsp3) is 0.300. The second-order valence-electron chi connectivity index (χ2n) is 6.24. The first-order valence-electron chi connectivity index (χ1n) is 8.42. The van der Waals surface area contributed by atoms with E-state index in [1.165, 1.54) is 17.5 Å². The SMILES string of the molecule is C[C@@H](OC(=O)c1ccc2c(c1)CCCC2)C(=O)Nc1cccc(Cl)c1. The van der Waals surface area contributed by atoms with E-state index in [1.54, 1.807) is 37.3 Å². The van der Waals surface area contributed by atoms with Crippen LogP contribution in [0.2, 0.25) is 5.02 Å². The molecule has 1 aliphatic rings. The Morgan fingerprint density at radius 1 is 1.08 bits per heavy atom. The summed E-state index contributed by atoms with van der Waals surface area (Å²) in [5.74, 6) is -0.879. The predicted octanol–water partition coefficient (Wildman–Crippen LogP) is 4.40. The molecular formula is C20H20ClNO3. The fourth-order valence-corrected chi connectivity index (χ4v) is 3.14. The Balaban J connectivity index is 1.62. The summed E-state index contributed by atoms with van der Waals surface area (Å²) in [4.78, 5) is 24.5. The molecule has 4 nitrogen and oxygen atoms in total. The highest BCUT2D eigenvalue weighted by atomic mass is 35.5. The number of nitrogens with one attached hydrogen (secondary N) is 1. The monoisotopic (exact) mass is 357 g/mol. The molecule has 1 aliphatic carbocycles. The van der Waals surface area contributed by atoms with Crippen molar-refractivity contribution in [3.05, 3.63) is 64.2 Å². The zero-order valence-corrected chi connectivity index (χ0v) is 14.8. The molecule has 0 saturated carbocycles. The Morgan fingerprint density at radius 3 is 2.60 bits per heavy atom. The van der Waals surface area contributed by atoms with E-state index in [2.05, 4.69) is 5.32 Å². The van der Waals surface area contributed by atoms with Gasteiger partial charge in [-0.3, -0.25) is 4.79 Å². The molecule has 2 aromatic rings. The van der Waals surface area contributed by atoms with Crippen LogP contribution in [0.25, 0.3) is 0 Å². The molecule has 2 aromatic carbocycles. The largest absolute Gasteiger partial charge is 0.449 e. The molecule has 0 spiro atoms. The van der Waals surface area contributed by atoms with Gasteiger partial charge in [0.1, 0.15) is 0 Å². The first-order chi connectivity index (χ1) is 12.0. The van der Waals surface area contributed by atoms with Crippen molar-refractivity contribution in [3.63, 3.8) is 0 Å². The van der Waals surface area contributed by atoms with Crippen molar-refractivity contribution in [2.75, 3.05) is 5.32 Å². The second-order valence-corrected chi connectivity index (χ2v) is 6.67. The summed E-state index contributed by atoms with van der Waals surface area (Å²) in [6, 6.07) is 12.5. The van der Waals surface area contributed by atoms with E-state index in [0.717, 1.165) is 19.3 Å². The average Bonchev–Trinajstić information content (AvgIpc) is 2.61. The molecule has 0 fully saturated rings. The van der Waals surface area contributed by atoms with Gasteiger partial charge in [0.15, 0.2) is 6.10 Å². The zero-order valence-electron chi connectivity index (χ0n) is 14.0. The predicted molar refractivity (Wildman–Crippen MR) is 98.0 cm³/mol. The Hall–Kier alpha value is -2.33. The van der Waals surface area contributed by atoms with Gasteiger partial charge < -0.3 is 10.1 Å². The van der Waals surface area contributed by atoms with Crippen LogP contribution >= 0.6 is 11.6 Å². The maximum absolute atomic E-state index is 12.3. The number of carbonyl (C=O) groups excluding carboxylic acids is 2. The van der Waals surface area contributed by atoms with Crippen molar-refractivity contribution in [3.8, 4) is 0 Å². The highest BCUT2D eigenvalue weighted by molar-refractivity contribution is 6.30. The number of ether oxygens (including phenoxy) is 1. The lowest BCUT2D eigenvalue weighted by Crippen LogP contribution is -2.30. The number of fused-ring (bicyclic) bond motifs is 1. The summed E-state index contributed by atoms with van der Waals surface area (Å²) < 4.78 is 5.31. The van der Waals surface area contributed by atoms with Gasteiger partial charge in [0.2, 0.25) is 0 Å². The van der Waals surface area contributed by atoms with E-state index in [9.17, 15) is 9.59 Å². The van der Waals surface area contributed by atoms with E-state index in [-0.39, 0.29) is 0 Å². The topological polar surface area (TPSA) is 55.4 Å². The molecule has 0 saturated heterocycles. The third-order valence-corrected chi connectivity index (χ3v) is 4.56. The van der Waals surface area contributed by atoms with Crippen molar-refractivity contribution in [1.29, 1.82) is 0 Å². The quantitative estimate of drug-likeness (QED) is 0.825. The number of aryl methyl sites for hydroxylation is 2. The molecule has 0 bridgehead atoms. The Bertz CT molecular complexity index is 803. The first kappa shape index (κ1) is 17.5. The van der Waals surface area contributed by atoms with Crippen molar-refractivity contribution < 1.29 is 14.3 Å². The number of hydrogen-bond acceptors (Lipinski definition) is 3. The van der Waals surface area contributed by atoms with Crippen LogP contribution in [0.3, 0.4) is 0 Å². The van der Waals surface area contributed by atoms with E-state index < -0.39 is 18.0 Å². The van der Waals surface area contributed by atoms with Crippen LogP contribution in [0, 0.1) is 0 Å². The summed E-state index contributed by atoms with van der Waals surface area (Å²) in [5, 5.41) is 3.21. The first-order valence-corrected chi connectivity index (χ1v) is 8.80. The maximum Gasteiger partial charge on any atom is 0.338 e. The van der Waals surface area contributed by atoms with E-state index in [4.69, 9.17) is 16.3 Å². The molecule has 1 amide bonds. The molecule has 0 aliphatic heterocycles. The molecule has 1 atom stereocenters. The summed E-state index contributed by atoms with van der Waals surface area (Å²) in [7, 11) is 0. The highest BCUT2D eigenvalue weighted by Gasteiger charge is 2.20. The van der Waals surface area contributed by atoms with Gasteiger partial charge in [0.05, 0.1) is 5.56 Å². The molecule has 0 radical (unpaired) electrons. The van der Waals surface area contributed by atoms with Crippen LogP contribution in [-0.4, -0.2) is 18.0 Å². The van der Waals surface area contributed by atoms with Crippen LogP contribution in [-0.2, 0) is 22.4 Å². The van der Waals surface area contributed by atoms with Crippen LogP contribution in [0.1, 0.15) is 41.3 Å². The van der Waals surface area contributed by atoms with Crippen LogP contribution in [0.15, 0.2) is 42.5 Å². The number of rotatable bonds is 4. The minimum atomic E-state index is -0.900. The number of carbonyl (C=O) groups is 2. The molecule has 0 aromatic heterocycles. The minimum Gasteiger partial charge on any atom is -0.449 e. The van der Waals surface area contributed by atoms with Gasteiger partial charge in [-0.25, -0.2) is 4.79 Å². The summed E-state index contributed by atoms with van der Waals surface area (Å²) in [6.07, 6.45) is 3.48. The van der Waals surface area contributed by atoms with Gasteiger partial charge >= 0.3 is 5.97 Å².